The number of anilines is 1. The Morgan fingerprint density at radius 2 is 2.05 bits per heavy atom. The summed E-state index contributed by atoms with van der Waals surface area (Å²) in [6.45, 7) is 6.59. The van der Waals surface area contributed by atoms with Gasteiger partial charge in [-0.1, -0.05) is 15.9 Å². The monoisotopic (exact) mass is 331 g/mol. The van der Waals surface area contributed by atoms with Crippen molar-refractivity contribution in [3.8, 4) is 5.75 Å². The van der Waals surface area contributed by atoms with Gasteiger partial charge in [0.2, 0.25) is 0 Å². The number of hydrogen-bond acceptors (Lipinski definition) is 4. The lowest BCUT2D eigenvalue weighted by molar-refractivity contribution is -0.0449. The summed E-state index contributed by atoms with van der Waals surface area (Å²) in [5.41, 5.74) is 0.598. The molecule has 0 heterocycles. The molecule has 1 aromatic carbocycles. The Kier molecular flexibility index (Phi) is 6.10. The topological polar surface area (TPSA) is 50.7 Å². The van der Waals surface area contributed by atoms with E-state index in [4.69, 9.17) is 9.47 Å². The maximum absolute atomic E-state index is 9.87. The van der Waals surface area contributed by atoms with E-state index in [1.54, 1.807) is 7.11 Å². The van der Waals surface area contributed by atoms with Gasteiger partial charge in [0.25, 0.3) is 0 Å². The fraction of sp³-hybridized carbons (Fsp3) is 0.571. The van der Waals surface area contributed by atoms with Gasteiger partial charge in [0.15, 0.2) is 0 Å². The number of methoxy groups -OCH3 is 1. The van der Waals surface area contributed by atoms with Crippen molar-refractivity contribution in [2.45, 2.75) is 32.5 Å². The molecule has 0 spiro atoms. The SMILES string of the molecule is COc1ccc(Br)cc1NCC(O)COC(C)(C)C. The average Bonchev–Trinajstić information content (AvgIpc) is 2.33. The van der Waals surface area contributed by atoms with Crippen LogP contribution in [0.2, 0.25) is 0 Å². The molecule has 0 fully saturated rings. The van der Waals surface area contributed by atoms with Crippen LogP contribution in [0.25, 0.3) is 0 Å². The maximum atomic E-state index is 9.87. The van der Waals surface area contributed by atoms with Crippen molar-refractivity contribution in [3.05, 3.63) is 22.7 Å². The third kappa shape index (κ3) is 6.27. The third-order valence-corrected chi connectivity index (χ3v) is 2.89. The zero-order chi connectivity index (χ0) is 14.5. The summed E-state index contributed by atoms with van der Waals surface area (Å²) in [5.74, 6) is 0.743. The Labute approximate surface area is 123 Å². The predicted octanol–water partition coefficient (Wildman–Crippen LogP) is 3.05. The molecule has 19 heavy (non-hydrogen) atoms. The van der Waals surface area contributed by atoms with E-state index in [0.717, 1.165) is 15.9 Å². The lowest BCUT2D eigenvalue weighted by atomic mass is 10.2. The fourth-order valence-corrected chi connectivity index (χ4v) is 1.81. The van der Waals surface area contributed by atoms with E-state index in [0.29, 0.717) is 13.2 Å². The lowest BCUT2D eigenvalue weighted by Crippen LogP contribution is -2.30. The van der Waals surface area contributed by atoms with E-state index in [9.17, 15) is 5.11 Å². The molecule has 4 nitrogen and oxygen atoms in total. The summed E-state index contributed by atoms with van der Waals surface area (Å²) >= 11 is 3.41. The Morgan fingerprint density at radius 1 is 1.37 bits per heavy atom. The van der Waals surface area contributed by atoms with Crippen LogP contribution in [0.4, 0.5) is 5.69 Å². The number of rotatable bonds is 6. The number of ether oxygens (including phenoxy) is 2. The summed E-state index contributed by atoms with van der Waals surface area (Å²) in [4.78, 5) is 0. The molecule has 0 aliphatic rings. The van der Waals surface area contributed by atoms with E-state index in [2.05, 4.69) is 21.2 Å². The first-order valence-electron chi connectivity index (χ1n) is 6.21. The second kappa shape index (κ2) is 7.12. The van der Waals surface area contributed by atoms with Crippen LogP contribution in [0.5, 0.6) is 5.75 Å². The first kappa shape index (κ1) is 16.3. The lowest BCUT2D eigenvalue weighted by Gasteiger charge is -2.22. The number of halogens is 1. The minimum Gasteiger partial charge on any atom is -0.495 e. The van der Waals surface area contributed by atoms with Crippen LogP contribution >= 0.6 is 15.9 Å². The van der Waals surface area contributed by atoms with Crippen LogP contribution in [0.3, 0.4) is 0 Å². The highest BCUT2D eigenvalue weighted by atomic mass is 79.9. The van der Waals surface area contributed by atoms with Crippen LogP contribution in [0, 0.1) is 0 Å². The van der Waals surface area contributed by atoms with Crippen LogP contribution in [-0.4, -0.2) is 37.1 Å². The van der Waals surface area contributed by atoms with Crippen molar-refractivity contribution in [1.82, 2.24) is 0 Å². The summed E-state index contributed by atoms with van der Waals surface area (Å²) in [6.07, 6.45) is -0.567. The van der Waals surface area contributed by atoms with Gasteiger partial charge < -0.3 is 19.9 Å². The van der Waals surface area contributed by atoms with Crippen molar-refractivity contribution in [2.75, 3.05) is 25.6 Å². The number of benzene rings is 1. The molecular formula is C14H22BrNO3. The quantitative estimate of drug-likeness (QED) is 0.841. The van der Waals surface area contributed by atoms with E-state index >= 15 is 0 Å². The first-order valence-corrected chi connectivity index (χ1v) is 7.00. The zero-order valence-electron chi connectivity index (χ0n) is 11.9. The van der Waals surface area contributed by atoms with E-state index in [-0.39, 0.29) is 5.60 Å². The van der Waals surface area contributed by atoms with Gasteiger partial charge >= 0.3 is 0 Å². The minimum absolute atomic E-state index is 0.242. The molecule has 2 N–H and O–H groups in total. The standard InChI is InChI=1S/C14H22BrNO3/c1-14(2,3)19-9-11(17)8-16-12-7-10(15)5-6-13(12)18-4/h5-7,11,16-17H,8-9H2,1-4H3. The highest BCUT2D eigenvalue weighted by Gasteiger charge is 2.14. The number of nitrogens with one attached hydrogen (secondary N) is 1. The third-order valence-electron chi connectivity index (χ3n) is 2.40. The van der Waals surface area contributed by atoms with Gasteiger partial charge in [-0.3, -0.25) is 0 Å². The van der Waals surface area contributed by atoms with Crippen LogP contribution < -0.4 is 10.1 Å². The second-order valence-corrected chi connectivity index (χ2v) is 6.22. The molecule has 5 heteroatoms. The smallest absolute Gasteiger partial charge is 0.142 e. The second-order valence-electron chi connectivity index (χ2n) is 5.30. The van der Waals surface area contributed by atoms with E-state index in [1.165, 1.54) is 0 Å². The largest absolute Gasteiger partial charge is 0.495 e. The van der Waals surface area contributed by atoms with Crippen LogP contribution in [-0.2, 0) is 4.74 Å². The van der Waals surface area contributed by atoms with E-state index in [1.807, 2.05) is 39.0 Å². The highest BCUT2D eigenvalue weighted by Crippen LogP contribution is 2.27. The van der Waals surface area contributed by atoms with E-state index < -0.39 is 6.10 Å². The Bertz CT molecular complexity index is 404. The zero-order valence-corrected chi connectivity index (χ0v) is 13.5. The van der Waals surface area contributed by atoms with Crippen molar-refractivity contribution in [3.63, 3.8) is 0 Å². The molecule has 0 aliphatic carbocycles. The first-order chi connectivity index (χ1) is 8.81. The molecule has 1 unspecified atom stereocenters. The van der Waals surface area contributed by atoms with Gasteiger partial charge in [0.05, 0.1) is 31.1 Å². The normalized spacial score (nSPS) is 13.2. The van der Waals surface area contributed by atoms with Crippen molar-refractivity contribution >= 4 is 21.6 Å². The molecule has 1 aromatic rings. The molecule has 0 bridgehead atoms. The summed E-state index contributed by atoms with van der Waals surface area (Å²) in [7, 11) is 1.62. The number of aliphatic hydroxyl groups is 1. The average molecular weight is 332 g/mol. The molecule has 1 atom stereocenters. The van der Waals surface area contributed by atoms with Gasteiger partial charge in [-0.2, -0.15) is 0 Å². The molecule has 0 amide bonds. The maximum Gasteiger partial charge on any atom is 0.142 e. The fourth-order valence-electron chi connectivity index (χ4n) is 1.45. The number of hydrogen-bond donors (Lipinski definition) is 2. The molecule has 0 aromatic heterocycles. The highest BCUT2D eigenvalue weighted by molar-refractivity contribution is 9.10. The van der Waals surface area contributed by atoms with Gasteiger partial charge in [-0.15, -0.1) is 0 Å². The van der Waals surface area contributed by atoms with Crippen LogP contribution in [0.15, 0.2) is 22.7 Å². The Hall–Kier alpha value is -0.780. The van der Waals surface area contributed by atoms with Gasteiger partial charge in [0.1, 0.15) is 5.75 Å². The van der Waals surface area contributed by atoms with Gasteiger partial charge in [-0.05, 0) is 39.0 Å². The Balaban J connectivity index is 2.50. The van der Waals surface area contributed by atoms with Gasteiger partial charge in [0, 0.05) is 11.0 Å². The minimum atomic E-state index is -0.567. The predicted molar refractivity (Wildman–Crippen MR) is 80.9 cm³/mol. The summed E-state index contributed by atoms with van der Waals surface area (Å²) in [5, 5.41) is 13.0. The molecule has 108 valence electrons. The molecular weight excluding hydrogens is 310 g/mol. The summed E-state index contributed by atoms with van der Waals surface area (Å²) < 4.78 is 11.7. The number of aliphatic hydroxyl groups excluding tert-OH is 1. The molecule has 0 saturated heterocycles. The van der Waals surface area contributed by atoms with Crippen molar-refractivity contribution in [2.24, 2.45) is 0 Å². The van der Waals surface area contributed by atoms with Crippen LogP contribution in [0.1, 0.15) is 20.8 Å². The molecule has 0 saturated carbocycles. The molecule has 0 aliphatic heterocycles. The molecule has 1 rings (SSSR count). The Morgan fingerprint density at radius 3 is 2.63 bits per heavy atom. The van der Waals surface area contributed by atoms with Gasteiger partial charge in [-0.25, -0.2) is 0 Å². The molecule has 0 radical (unpaired) electrons. The van der Waals surface area contributed by atoms with Crippen molar-refractivity contribution < 1.29 is 14.6 Å². The van der Waals surface area contributed by atoms with Crippen molar-refractivity contribution in [1.29, 1.82) is 0 Å². The summed E-state index contributed by atoms with van der Waals surface area (Å²) in [6, 6.07) is 5.68.